The zero-order chi connectivity index (χ0) is 45.1. The lowest BCUT2D eigenvalue weighted by Crippen LogP contribution is -2.45. The van der Waals surface area contributed by atoms with Crippen LogP contribution < -0.4 is 5.32 Å². The van der Waals surface area contributed by atoms with Gasteiger partial charge in [-0.05, 0) is 57.8 Å². The quantitative estimate of drug-likeness (QED) is 0.0321. The van der Waals surface area contributed by atoms with Gasteiger partial charge in [0.15, 0.2) is 0 Å². The van der Waals surface area contributed by atoms with E-state index in [9.17, 15) is 19.8 Å². The first kappa shape index (κ1) is 60.3. The molecule has 2 atom stereocenters. The van der Waals surface area contributed by atoms with Gasteiger partial charge >= 0.3 is 5.97 Å². The van der Waals surface area contributed by atoms with Gasteiger partial charge in [0.05, 0.1) is 25.4 Å². The Balaban J connectivity index is 3.40. The minimum atomic E-state index is -0.846. The van der Waals surface area contributed by atoms with Crippen LogP contribution in [0.15, 0.2) is 24.3 Å². The molecule has 0 aliphatic heterocycles. The molecule has 0 rings (SSSR count). The highest BCUT2D eigenvalue weighted by Gasteiger charge is 2.18. The van der Waals surface area contributed by atoms with Gasteiger partial charge in [-0.25, -0.2) is 0 Å². The van der Waals surface area contributed by atoms with Gasteiger partial charge in [-0.2, -0.15) is 0 Å². The van der Waals surface area contributed by atoms with E-state index in [0.29, 0.717) is 19.4 Å². The van der Waals surface area contributed by atoms with E-state index in [-0.39, 0.29) is 18.5 Å². The number of amides is 1. The Bertz CT molecular complexity index is 966. The van der Waals surface area contributed by atoms with Crippen LogP contribution in [0.4, 0.5) is 0 Å². The standard InChI is InChI=1S/C56H107NO5/c1-3-5-7-9-11-13-14-15-23-27-30-34-38-42-46-50-56(61)62-51-47-43-39-35-31-28-25-22-20-18-16-17-19-21-24-26-29-33-37-41-45-49-55(60)57-53(52-58)54(59)48-44-40-36-32-12-10-8-6-4-2/h17,19,44,48,53-54,58-59H,3-16,18,20-43,45-47,49-52H2,1-2H3,(H,57,60)/b19-17-,48-44+. The van der Waals surface area contributed by atoms with Crippen LogP contribution in [0.3, 0.4) is 0 Å². The van der Waals surface area contributed by atoms with E-state index in [1.54, 1.807) is 6.08 Å². The average molecular weight is 874 g/mol. The molecule has 0 aliphatic rings. The lowest BCUT2D eigenvalue weighted by molar-refractivity contribution is -0.143. The Kier molecular flexibility index (Phi) is 50.6. The molecule has 0 aromatic carbocycles. The summed E-state index contributed by atoms with van der Waals surface area (Å²) in [6.07, 6.45) is 62.0. The van der Waals surface area contributed by atoms with Gasteiger partial charge < -0.3 is 20.3 Å². The summed E-state index contributed by atoms with van der Waals surface area (Å²) in [4.78, 5) is 24.4. The summed E-state index contributed by atoms with van der Waals surface area (Å²) >= 11 is 0. The van der Waals surface area contributed by atoms with E-state index in [0.717, 1.165) is 44.9 Å². The first-order valence-corrected chi connectivity index (χ1v) is 27.6. The molecular formula is C56H107NO5. The SMILES string of the molecule is CCCCCCCCC/C=C/C(O)C(CO)NC(=O)CCCCCCCCC/C=C\CCCCCCCCCCCCOC(=O)CCCCCCCCCCCCCCCCC. The first-order valence-electron chi connectivity index (χ1n) is 27.6. The van der Waals surface area contributed by atoms with Crippen LogP contribution in [0, 0.1) is 0 Å². The van der Waals surface area contributed by atoms with Gasteiger partial charge in [-0.3, -0.25) is 9.59 Å². The minimum absolute atomic E-state index is 0.0101. The second-order valence-electron chi connectivity index (χ2n) is 18.9. The van der Waals surface area contributed by atoms with Crippen molar-refractivity contribution < 1.29 is 24.5 Å². The van der Waals surface area contributed by atoms with E-state index < -0.39 is 12.1 Å². The van der Waals surface area contributed by atoms with Crippen molar-refractivity contribution in [2.75, 3.05) is 13.2 Å². The number of ether oxygens (including phenoxy) is 1. The largest absolute Gasteiger partial charge is 0.466 e. The van der Waals surface area contributed by atoms with Crippen molar-refractivity contribution in [2.24, 2.45) is 0 Å². The second-order valence-corrected chi connectivity index (χ2v) is 18.9. The number of unbranched alkanes of at least 4 members (excludes halogenated alkanes) is 38. The number of nitrogens with one attached hydrogen (secondary N) is 1. The Morgan fingerprint density at radius 3 is 1.15 bits per heavy atom. The zero-order valence-corrected chi connectivity index (χ0v) is 41.6. The maximum atomic E-state index is 12.4. The third kappa shape index (κ3) is 47.8. The Morgan fingerprint density at radius 2 is 0.758 bits per heavy atom. The van der Waals surface area contributed by atoms with Gasteiger partial charge in [0.2, 0.25) is 5.91 Å². The summed E-state index contributed by atoms with van der Waals surface area (Å²) in [6.45, 7) is 4.87. The third-order valence-corrected chi connectivity index (χ3v) is 12.7. The molecule has 1 amide bonds. The molecule has 62 heavy (non-hydrogen) atoms. The van der Waals surface area contributed by atoms with E-state index in [1.807, 2.05) is 6.08 Å². The van der Waals surface area contributed by atoms with Crippen LogP contribution >= 0.6 is 0 Å². The summed E-state index contributed by atoms with van der Waals surface area (Å²) in [5.74, 6) is -0.0682. The van der Waals surface area contributed by atoms with Crippen LogP contribution in [0.2, 0.25) is 0 Å². The smallest absolute Gasteiger partial charge is 0.305 e. The topological polar surface area (TPSA) is 95.9 Å². The third-order valence-electron chi connectivity index (χ3n) is 12.7. The summed E-state index contributed by atoms with van der Waals surface area (Å²) in [5, 5.41) is 22.9. The van der Waals surface area contributed by atoms with E-state index in [4.69, 9.17) is 4.74 Å². The van der Waals surface area contributed by atoms with Gasteiger partial charge in [0.1, 0.15) is 0 Å². The highest BCUT2D eigenvalue weighted by atomic mass is 16.5. The number of aliphatic hydroxyl groups excluding tert-OH is 2. The number of esters is 1. The lowest BCUT2D eigenvalue weighted by Gasteiger charge is -2.20. The molecule has 0 aliphatic carbocycles. The van der Waals surface area contributed by atoms with Crippen molar-refractivity contribution in [3.8, 4) is 0 Å². The second kappa shape index (κ2) is 52.0. The van der Waals surface area contributed by atoms with Crippen molar-refractivity contribution in [1.82, 2.24) is 5.32 Å². The molecule has 3 N–H and O–H groups in total. The fourth-order valence-electron chi connectivity index (χ4n) is 8.45. The number of hydrogen-bond donors (Lipinski definition) is 3. The van der Waals surface area contributed by atoms with Gasteiger partial charge in [0, 0.05) is 12.8 Å². The summed E-state index contributed by atoms with van der Waals surface area (Å²) in [5.41, 5.74) is 0. The Labute approximate surface area is 386 Å². The molecule has 2 unspecified atom stereocenters. The van der Waals surface area contributed by atoms with Gasteiger partial charge in [0.25, 0.3) is 0 Å². The fourth-order valence-corrected chi connectivity index (χ4v) is 8.45. The number of carbonyl (C=O) groups excluding carboxylic acids is 2. The average Bonchev–Trinajstić information content (AvgIpc) is 3.27. The van der Waals surface area contributed by atoms with Crippen LogP contribution in [0.1, 0.15) is 296 Å². The van der Waals surface area contributed by atoms with Crippen LogP contribution in [-0.4, -0.2) is 47.4 Å². The minimum Gasteiger partial charge on any atom is -0.466 e. The maximum absolute atomic E-state index is 12.4. The predicted molar refractivity (Wildman–Crippen MR) is 269 cm³/mol. The monoisotopic (exact) mass is 874 g/mol. The number of rotatable bonds is 51. The highest BCUT2D eigenvalue weighted by Crippen LogP contribution is 2.16. The molecule has 0 radical (unpaired) electrons. The number of aliphatic hydroxyl groups is 2. The van der Waals surface area contributed by atoms with Crippen molar-refractivity contribution in [3.63, 3.8) is 0 Å². The van der Waals surface area contributed by atoms with Crippen molar-refractivity contribution in [1.29, 1.82) is 0 Å². The molecule has 0 heterocycles. The molecule has 0 spiro atoms. The predicted octanol–water partition coefficient (Wildman–Crippen LogP) is 16.7. The maximum Gasteiger partial charge on any atom is 0.305 e. The van der Waals surface area contributed by atoms with Crippen molar-refractivity contribution in [3.05, 3.63) is 24.3 Å². The summed E-state index contributed by atoms with van der Waals surface area (Å²) in [6, 6.07) is -0.631. The van der Waals surface area contributed by atoms with Gasteiger partial charge in [-0.15, -0.1) is 0 Å². The molecule has 0 aromatic heterocycles. The lowest BCUT2D eigenvalue weighted by atomic mass is 10.0. The van der Waals surface area contributed by atoms with Crippen molar-refractivity contribution in [2.45, 2.75) is 309 Å². The number of allylic oxidation sites excluding steroid dienone is 3. The molecule has 0 saturated carbocycles. The Hall–Kier alpha value is -1.66. The molecule has 6 nitrogen and oxygen atoms in total. The van der Waals surface area contributed by atoms with Crippen LogP contribution in [0.5, 0.6) is 0 Å². The summed E-state index contributed by atoms with van der Waals surface area (Å²) < 4.78 is 5.48. The summed E-state index contributed by atoms with van der Waals surface area (Å²) in [7, 11) is 0. The molecular weight excluding hydrogens is 767 g/mol. The van der Waals surface area contributed by atoms with Crippen molar-refractivity contribution >= 4 is 11.9 Å². The zero-order valence-electron chi connectivity index (χ0n) is 41.6. The number of carbonyl (C=O) groups is 2. The molecule has 0 fully saturated rings. The van der Waals surface area contributed by atoms with E-state index in [2.05, 4.69) is 31.3 Å². The van der Waals surface area contributed by atoms with Gasteiger partial charge in [-0.1, -0.05) is 250 Å². The van der Waals surface area contributed by atoms with E-state index >= 15 is 0 Å². The first-order chi connectivity index (χ1) is 30.5. The fraction of sp³-hybridized carbons (Fsp3) is 0.893. The normalized spacial score (nSPS) is 12.8. The molecule has 366 valence electrons. The highest BCUT2D eigenvalue weighted by molar-refractivity contribution is 5.76. The van der Waals surface area contributed by atoms with Crippen LogP contribution in [-0.2, 0) is 14.3 Å². The molecule has 6 heteroatoms. The molecule has 0 saturated heterocycles. The number of hydrogen-bond acceptors (Lipinski definition) is 5. The van der Waals surface area contributed by atoms with E-state index in [1.165, 1.54) is 225 Å². The van der Waals surface area contributed by atoms with Crippen LogP contribution in [0.25, 0.3) is 0 Å². The molecule has 0 aromatic rings. The Morgan fingerprint density at radius 1 is 0.435 bits per heavy atom. The molecule has 0 bridgehead atoms.